The van der Waals surface area contributed by atoms with Gasteiger partial charge >= 0.3 is 0 Å². The minimum Gasteiger partial charge on any atom is -0.292 e. The fraction of sp³-hybridized carbons (Fsp3) is 0.0588. The predicted octanol–water partition coefficient (Wildman–Crippen LogP) is 4.26. The summed E-state index contributed by atoms with van der Waals surface area (Å²) in [6, 6.07) is 17.8. The second-order valence-electron chi connectivity index (χ2n) is 4.61. The molecule has 0 bridgehead atoms. The molecule has 0 radical (unpaired) electrons. The molecule has 20 heavy (non-hydrogen) atoms. The van der Waals surface area contributed by atoms with Crippen molar-refractivity contribution >= 4 is 39.1 Å². The highest BCUT2D eigenvalue weighted by molar-refractivity contribution is 14.1. The van der Waals surface area contributed by atoms with Crippen LogP contribution in [0.5, 0.6) is 0 Å². The van der Waals surface area contributed by atoms with Crippen LogP contribution in [0.4, 0.5) is 0 Å². The SMILES string of the molecule is O=C(Cc1ccc(I)cc1)c1nccc2ccccc12. The normalized spacial score (nSPS) is 10.7. The summed E-state index contributed by atoms with van der Waals surface area (Å²) in [5, 5.41) is 1.97. The number of ketones is 1. The third-order valence-corrected chi connectivity index (χ3v) is 3.93. The van der Waals surface area contributed by atoms with Crippen LogP contribution in [0.25, 0.3) is 10.8 Å². The van der Waals surface area contributed by atoms with Gasteiger partial charge in [-0.3, -0.25) is 9.78 Å². The number of aromatic nitrogens is 1. The molecule has 2 nitrogen and oxygen atoms in total. The Morgan fingerprint density at radius 3 is 2.55 bits per heavy atom. The van der Waals surface area contributed by atoms with Crippen molar-refractivity contribution in [3.8, 4) is 0 Å². The smallest absolute Gasteiger partial charge is 0.186 e. The number of benzene rings is 2. The van der Waals surface area contributed by atoms with Crippen LogP contribution in [0.2, 0.25) is 0 Å². The zero-order chi connectivity index (χ0) is 13.9. The molecule has 1 aromatic heterocycles. The van der Waals surface area contributed by atoms with Gasteiger partial charge in [0.15, 0.2) is 5.78 Å². The van der Waals surface area contributed by atoms with E-state index in [1.807, 2.05) is 54.6 Å². The van der Waals surface area contributed by atoms with Gasteiger partial charge in [-0.2, -0.15) is 0 Å². The van der Waals surface area contributed by atoms with Crippen molar-refractivity contribution in [1.29, 1.82) is 0 Å². The zero-order valence-corrected chi connectivity index (χ0v) is 12.9. The van der Waals surface area contributed by atoms with Crippen LogP contribution in [0.3, 0.4) is 0 Å². The molecule has 0 N–H and O–H groups in total. The van der Waals surface area contributed by atoms with Crippen LogP contribution < -0.4 is 0 Å². The van der Waals surface area contributed by atoms with Gasteiger partial charge in [-0.15, -0.1) is 0 Å². The van der Waals surface area contributed by atoms with Gasteiger partial charge in [0, 0.05) is 21.6 Å². The van der Waals surface area contributed by atoms with Gasteiger partial charge in [0.25, 0.3) is 0 Å². The summed E-state index contributed by atoms with van der Waals surface area (Å²) in [4.78, 5) is 16.7. The first-order valence-corrected chi connectivity index (χ1v) is 7.43. The first-order chi connectivity index (χ1) is 9.74. The van der Waals surface area contributed by atoms with Crippen molar-refractivity contribution in [1.82, 2.24) is 4.98 Å². The first kappa shape index (κ1) is 13.2. The molecule has 98 valence electrons. The Morgan fingerprint density at radius 2 is 1.75 bits per heavy atom. The molecule has 0 unspecified atom stereocenters. The highest BCUT2D eigenvalue weighted by Crippen LogP contribution is 2.18. The second kappa shape index (κ2) is 5.71. The van der Waals surface area contributed by atoms with Crippen LogP contribution in [0, 0.1) is 3.57 Å². The third-order valence-electron chi connectivity index (χ3n) is 3.22. The Kier molecular flexibility index (Phi) is 3.78. The number of pyridine rings is 1. The van der Waals surface area contributed by atoms with E-state index < -0.39 is 0 Å². The molecule has 1 heterocycles. The molecular weight excluding hydrogens is 361 g/mol. The minimum absolute atomic E-state index is 0.0583. The first-order valence-electron chi connectivity index (χ1n) is 6.35. The second-order valence-corrected chi connectivity index (χ2v) is 5.85. The van der Waals surface area contributed by atoms with Crippen molar-refractivity contribution < 1.29 is 4.79 Å². The molecule has 0 aliphatic rings. The molecular formula is C17H12INO. The Morgan fingerprint density at radius 1 is 1.00 bits per heavy atom. The highest BCUT2D eigenvalue weighted by atomic mass is 127. The van der Waals surface area contributed by atoms with Crippen molar-refractivity contribution in [2.75, 3.05) is 0 Å². The molecule has 0 aliphatic heterocycles. The van der Waals surface area contributed by atoms with Crippen LogP contribution in [-0.2, 0) is 6.42 Å². The average Bonchev–Trinajstić information content (AvgIpc) is 2.49. The maximum absolute atomic E-state index is 12.4. The summed E-state index contributed by atoms with van der Waals surface area (Å²) in [7, 11) is 0. The molecule has 3 rings (SSSR count). The summed E-state index contributed by atoms with van der Waals surface area (Å²) in [6.45, 7) is 0. The highest BCUT2D eigenvalue weighted by Gasteiger charge is 2.12. The van der Waals surface area contributed by atoms with E-state index in [0.29, 0.717) is 12.1 Å². The quantitative estimate of drug-likeness (QED) is 0.507. The standard InChI is InChI=1S/C17H12INO/c18-14-7-5-12(6-8-14)11-16(20)17-15-4-2-1-3-13(15)9-10-19-17/h1-10H,11H2. The number of nitrogens with zero attached hydrogens (tertiary/aromatic N) is 1. The molecule has 3 heteroatoms. The lowest BCUT2D eigenvalue weighted by atomic mass is 10.0. The monoisotopic (exact) mass is 373 g/mol. The number of Topliss-reactive ketones (excluding diaryl/α,β-unsaturated/α-hetero) is 1. The van der Waals surface area contributed by atoms with Gasteiger partial charge in [-0.1, -0.05) is 36.4 Å². The molecule has 0 atom stereocenters. The van der Waals surface area contributed by atoms with Gasteiger partial charge < -0.3 is 0 Å². The summed E-state index contributed by atoms with van der Waals surface area (Å²) < 4.78 is 1.17. The average molecular weight is 373 g/mol. The Balaban J connectivity index is 1.94. The van der Waals surface area contributed by atoms with Gasteiger partial charge in [0.2, 0.25) is 0 Å². The van der Waals surface area contributed by atoms with Crippen molar-refractivity contribution in [2.45, 2.75) is 6.42 Å². The van der Waals surface area contributed by atoms with Crippen molar-refractivity contribution in [2.24, 2.45) is 0 Å². The van der Waals surface area contributed by atoms with Gasteiger partial charge in [-0.25, -0.2) is 0 Å². The Hall–Kier alpha value is -1.75. The molecule has 0 spiro atoms. The number of halogens is 1. The number of hydrogen-bond donors (Lipinski definition) is 0. The van der Waals surface area contributed by atoms with E-state index in [2.05, 4.69) is 27.6 Å². The fourth-order valence-electron chi connectivity index (χ4n) is 2.21. The van der Waals surface area contributed by atoms with Crippen LogP contribution in [0.15, 0.2) is 60.8 Å². The van der Waals surface area contributed by atoms with Crippen LogP contribution in [-0.4, -0.2) is 10.8 Å². The number of carbonyl (C=O) groups excluding carboxylic acids is 1. The van der Waals surface area contributed by atoms with E-state index in [1.165, 1.54) is 3.57 Å². The summed E-state index contributed by atoms with van der Waals surface area (Å²) in [5.74, 6) is 0.0583. The lowest BCUT2D eigenvalue weighted by Crippen LogP contribution is -2.06. The number of hydrogen-bond acceptors (Lipinski definition) is 2. The molecule has 0 saturated carbocycles. The van der Waals surface area contributed by atoms with E-state index in [4.69, 9.17) is 0 Å². The number of fused-ring (bicyclic) bond motifs is 1. The number of carbonyl (C=O) groups is 1. The molecule has 0 amide bonds. The van der Waals surface area contributed by atoms with E-state index in [9.17, 15) is 4.79 Å². The van der Waals surface area contributed by atoms with Crippen LogP contribution in [0.1, 0.15) is 16.1 Å². The predicted molar refractivity (Wildman–Crippen MR) is 88.9 cm³/mol. The fourth-order valence-corrected chi connectivity index (χ4v) is 2.57. The van der Waals surface area contributed by atoms with Gasteiger partial charge in [-0.05, 0) is 51.7 Å². The molecule has 0 fully saturated rings. The zero-order valence-electron chi connectivity index (χ0n) is 10.7. The molecule has 0 aliphatic carbocycles. The lowest BCUT2D eigenvalue weighted by molar-refractivity contribution is 0.0990. The van der Waals surface area contributed by atoms with Crippen LogP contribution >= 0.6 is 22.6 Å². The van der Waals surface area contributed by atoms with E-state index >= 15 is 0 Å². The molecule has 0 saturated heterocycles. The maximum atomic E-state index is 12.4. The van der Waals surface area contributed by atoms with Gasteiger partial charge in [0.1, 0.15) is 5.69 Å². The summed E-state index contributed by atoms with van der Waals surface area (Å²) in [6.07, 6.45) is 2.08. The summed E-state index contributed by atoms with van der Waals surface area (Å²) in [5.41, 5.74) is 1.58. The summed E-state index contributed by atoms with van der Waals surface area (Å²) >= 11 is 2.26. The van der Waals surface area contributed by atoms with E-state index in [-0.39, 0.29) is 5.78 Å². The largest absolute Gasteiger partial charge is 0.292 e. The van der Waals surface area contributed by atoms with Crippen molar-refractivity contribution in [3.05, 3.63) is 75.6 Å². The van der Waals surface area contributed by atoms with E-state index in [0.717, 1.165) is 16.3 Å². The minimum atomic E-state index is 0.0583. The van der Waals surface area contributed by atoms with Crippen molar-refractivity contribution in [3.63, 3.8) is 0 Å². The molecule has 3 aromatic rings. The van der Waals surface area contributed by atoms with E-state index in [1.54, 1.807) is 6.20 Å². The maximum Gasteiger partial charge on any atom is 0.186 e. The Labute approximate surface area is 131 Å². The third kappa shape index (κ3) is 2.72. The topological polar surface area (TPSA) is 30.0 Å². The van der Waals surface area contributed by atoms with Gasteiger partial charge in [0.05, 0.1) is 0 Å². The Bertz CT molecular complexity index is 760. The molecule has 2 aromatic carbocycles. The number of rotatable bonds is 3. The lowest BCUT2D eigenvalue weighted by Gasteiger charge is -2.05.